The molecule has 0 radical (unpaired) electrons. The van der Waals surface area contributed by atoms with Crippen molar-refractivity contribution in [3.05, 3.63) is 49.5 Å². The van der Waals surface area contributed by atoms with E-state index in [0.717, 1.165) is 24.7 Å². The van der Waals surface area contributed by atoms with Gasteiger partial charge in [-0.3, -0.25) is 20.0 Å². The zero-order chi connectivity index (χ0) is 17.3. The highest BCUT2D eigenvalue weighted by atomic mass is 35.5. The fourth-order valence-electron chi connectivity index (χ4n) is 2.41. The predicted molar refractivity (Wildman–Crippen MR) is 89.8 cm³/mol. The van der Waals surface area contributed by atoms with E-state index in [4.69, 9.17) is 23.8 Å². The minimum absolute atomic E-state index is 0.0759. The molecule has 0 bridgehead atoms. The van der Waals surface area contributed by atoms with E-state index in [2.05, 4.69) is 15.5 Å². The van der Waals surface area contributed by atoms with E-state index in [-0.39, 0.29) is 16.3 Å². The summed E-state index contributed by atoms with van der Waals surface area (Å²) < 4.78 is 2.56. The average molecular weight is 368 g/mol. The lowest BCUT2D eigenvalue weighted by Gasteiger charge is -2.08. The third kappa shape index (κ3) is 3.46. The Balaban J connectivity index is 1.65. The van der Waals surface area contributed by atoms with Gasteiger partial charge in [0.05, 0.1) is 15.5 Å². The van der Waals surface area contributed by atoms with Crippen molar-refractivity contribution in [3.8, 4) is 0 Å². The number of halogens is 1. The Labute approximate surface area is 147 Å². The maximum absolute atomic E-state index is 12.2. The highest BCUT2D eigenvalue weighted by Crippen LogP contribution is 2.35. The number of nitro benzene ring substituents is 1. The summed E-state index contributed by atoms with van der Waals surface area (Å²) in [6, 6.07) is 4.16. The van der Waals surface area contributed by atoms with Crippen molar-refractivity contribution in [3.63, 3.8) is 0 Å². The highest BCUT2D eigenvalue weighted by Gasteiger charge is 2.27. The number of hydrogen-bond acceptors (Lipinski definition) is 5. The highest BCUT2D eigenvalue weighted by molar-refractivity contribution is 7.71. The molecular formula is C14H14ClN5O3S. The summed E-state index contributed by atoms with van der Waals surface area (Å²) >= 11 is 11.2. The molecule has 1 aromatic carbocycles. The van der Waals surface area contributed by atoms with Gasteiger partial charge in [-0.15, -0.1) is 0 Å². The van der Waals surface area contributed by atoms with Crippen LogP contribution in [-0.4, -0.2) is 32.1 Å². The minimum Gasteiger partial charge on any atom is -0.352 e. The first kappa shape index (κ1) is 16.6. The summed E-state index contributed by atoms with van der Waals surface area (Å²) in [5.41, 5.74) is -0.105. The molecule has 1 saturated carbocycles. The molecule has 2 aromatic rings. The maximum Gasteiger partial charge on any atom is 0.270 e. The van der Waals surface area contributed by atoms with E-state index >= 15 is 0 Å². The molecule has 0 spiro atoms. The van der Waals surface area contributed by atoms with Crippen LogP contribution in [0.4, 0.5) is 5.69 Å². The zero-order valence-electron chi connectivity index (χ0n) is 12.5. The van der Waals surface area contributed by atoms with Crippen LogP contribution in [0.25, 0.3) is 0 Å². The van der Waals surface area contributed by atoms with Gasteiger partial charge in [0, 0.05) is 31.1 Å². The Morgan fingerprint density at radius 1 is 1.54 bits per heavy atom. The minimum atomic E-state index is -0.569. The number of aromatic nitrogens is 3. The normalized spacial score (nSPS) is 13.7. The molecule has 1 aromatic heterocycles. The van der Waals surface area contributed by atoms with E-state index in [1.54, 1.807) is 0 Å². The van der Waals surface area contributed by atoms with Crippen molar-refractivity contribution in [2.75, 3.05) is 6.54 Å². The van der Waals surface area contributed by atoms with Gasteiger partial charge < -0.3 is 9.88 Å². The Kier molecular flexibility index (Phi) is 4.63. The Morgan fingerprint density at radius 3 is 2.96 bits per heavy atom. The second-order valence-electron chi connectivity index (χ2n) is 5.47. The van der Waals surface area contributed by atoms with Gasteiger partial charge in [0.25, 0.3) is 11.6 Å². The van der Waals surface area contributed by atoms with Crippen LogP contribution in [-0.2, 0) is 6.42 Å². The fourth-order valence-corrected chi connectivity index (χ4v) is 2.91. The van der Waals surface area contributed by atoms with Crippen LogP contribution in [0.15, 0.2) is 18.2 Å². The summed E-state index contributed by atoms with van der Waals surface area (Å²) in [5, 5.41) is 20.6. The van der Waals surface area contributed by atoms with E-state index in [0.29, 0.717) is 23.8 Å². The second-order valence-corrected chi connectivity index (χ2v) is 6.27. The number of H-pyrrole nitrogens is 1. The van der Waals surface area contributed by atoms with Crippen molar-refractivity contribution >= 4 is 35.4 Å². The second kappa shape index (κ2) is 6.70. The van der Waals surface area contributed by atoms with Gasteiger partial charge in [0.2, 0.25) is 0 Å². The number of amides is 1. The molecule has 126 valence electrons. The SMILES string of the molecule is O=C(NCCc1n[nH]c(=S)n1C1CC1)c1cc([N+](=O)[O-])ccc1Cl. The van der Waals surface area contributed by atoms with Gasteiger partial charge in [-0.05, 0) is 31.1 Å². The molecule has 8 nitrogen and oxygen atoms in total. The van der Waals surface area contributed by atoms with Crippen LogP contribution >= 0.6 is 23.8 Å². The molecule has 1 amide bonds. The average Bonchev–Trinajstić information content (AvgIpc) is 3.31. The maximum atomic E-state index is 12.2. The van der Waals surface area contributed by atoms with Gasteiger partial charge in [-0.2, -0.15) is 5.10 Å². The van der Waals surface area contributed by atoms with E-state index in [9.17, 15) is 14.9 Å². The molecule has 1 fully saturated rings. The molecule has 2 N–H and O–H groups in total. The predicted octanol–water partition coefficient (Wildman–Crippen LogP) is 2.81. The van der Waals surface area contributed by atoms with Crippen molar-refractivity contribution in [2.24, 2.45) is 0 Å². The molecule has 24 heavy (non-hydrogen) atoms. The van der Waals surface area contributed by atoms with Gasteiger partial charge in [0.1, 0.15) is 5.82 Å². The number of aromatic amines is 1. The molecule has 1 aliphatic rings. The third-order valence-corrected chi connectivity index (χ3v) is 4.35. The van der Waals surface area contributed by atoms with Crippen LogP contribution in [0.2, 0.25) is 5.02 Å². The standard InChI is InChI=1S/C14H14ClN5O3S/c15-11-4-3-9(20(22)23)7-10(11)13(21)16-6-5-12-17-18-14(24)19(12)8-1-2-8/h3-4,7-8H,1-2,5-6H2,(H,16,21)(H,18,24). The molecule has 1 aliphatic carbocycles. The van der Waals surface area contributed by atoms with Crippen molar-refractivity contribution in [2.45, 2.75) is 25.3 Å². The number of nitrogens with zero attached hydrogens (tertiary/aromatic N) is 3. The van der Waals surface area contributed by atoms with Crippen LogP contribution < -0.4 is 5.32 Å². The van der Waals surface area contributed by atoms with Gasteiger partial charge in [-0.1, -0.05) is 11.6 Å². The van der Waals surface area contributed by atoms with Crippen molar-refractivity contribution in [1.82, 2.24) is 20.1 Å². The van der Waals surface area contributed by atoms with E-state index in [1.165, 1.54) is 12.1 Å². The number of nitrogens with one attached hydrogen (secondary N) is 2. The lowest BCUT2D eigenvalue weighted by atomic mass is 10.2. The number of rotatable bonds is 6. The molecule has 1 heterocycles. The van der Waals surface area contributed by atoms with Gasteiger partial charge >= 0.3 is 0 Å². The summed E-state index contributed by atoms with van der Waals surface area (Å²) in [6.45, 7) is 0.324. The topological polar surface area (TPSA) is 106 Å². The summed E-state index contributed by atoms with van der Waals surface area (Å²) in [5.74, 6) is 0.323. The van der Waals surface area contributed by atoms with Crippen LogP contribution in [0.5, 0.6) is 0 Å². The molecule has 3 rings (SSSR count). The van der Waals surface area contributed by atoms with Crippen LogP contribution in [0.3, 0.4) is 0 Å². The van der Waals surface area contributed by atoms with Crippen LogP contribution in [0, 0.1) is 14.9 Å². The molecule has 0 atom stereocenters. The summed E-state index contributed by atoms with van der Waals surface area (Å²) in [6.07, 6.45) is 2.66. The molecule has 0 saturated heterocycles. The molecular weight excluding hydrogens is 354 g/mol. The summed E-state index contributed by atoms with van der Waals surface area (Å²) in [7, 11) is 0. The first-order valence-electron chi connectivity index (χ1n) is 7.35. The lowest BCUT2D eigenvalue weighted by Crippen LogP contribution is -2.26. The molecule has 10 heteroatoms. The van der Waals surface area contributed by atoms with Gasteiger partial charge in [0.15, 0.2) is 4.77 Å². The quantitative estimate of drug-likeness (QED) is 0.464. The monoisotopic (exact) mass is 367 g/mol. The zero-order valence-corrected chi connectivity index (χ0v) is 14.1. The lowest BCUT2D eigenvalue weighted by molar-refractivity contribution is -0.384. The number of non-ortho nitro benzene ring substituents is 1. The van der Waals surface area contributed by atoms with E-state index < -0.39 is 10.8 Å². The number of carbonyl (C=O) groups is 1. The van der Waals surface area contributed by atoms with Crippen LogP contribution in [0.1, 0.15) is 35.1 Å². The van der Waals surface area contributed by atoms with Gasteiger partial charge in [-0.25, -0.2) is 0 Å². The Morgan fingerprint density at radius 2 is 2.29 bits per heavy atom. The largest absolute Gasteiger partial charge is 0.352 e. The first-order chi connectivity index (χ1) is 11.5. The summed E-state index contributed by atoms with van der Waals surface area (Å²) in [4.78, 5) is 22.4. The third-order valence-electron chi connectivity index (χ3n) is 3.73. The number of carbonyl (C=O) groups excluding carboxylic acids is 1. The van der Waals surface area contributed by atoms with E-state index in [1.807, 2.05) is 4.57 Å². The number of hydrogen-bond donors (Lipinski definition) is 2. The molecule has 0 unspecified atom stereocenters. The Bertz CT molecular complexity index is 858. The fraction of sp³-hybridized carbons (Fsp3) is 0.357. The Hall–Kier alpha value is -2.26. The van der Waals surface area contributed by atoms with Crippen molar-refractivity contribution < 1.29 is 9.72 Å². The first-order valence-corrected chi connectivity index (χ1v) is 8.14. The number of benzene rings is 1. The number of nitro groups is 1. The van der Waals surface area contributed by atoms with Crippen molar-refractivity contribution in [1.29, 1.82) is 0 Å². The smallest absolute Gasteiger partial charge is 0.270 e. The molecule has 0 aliphatic heterocycles.